The van der Waals surface area contributed by atoms with E-state index >= 15 is 0 Å². The number of carbonyl (C=O) groups is 3. The fourth-order valence-corrected chi connectivity index (χ4v) is 7.62. The number of hydrogen-bond donors (Lipinski definition) is 3. The Labute approximate surface area is 217 Å². The molecule has 0 bridgehead atoms. The first-order chi connectivity index (χ1) is 17.4. The van der Waals surface area contributed by atoms with Gasteiger partial charge in [-0.15, -0.1) is 0 Å². The van der Waals surface area contributed by atoms with Crippen molar-refractivity contribution in [3.63, 3.8) is 0 Å². The van der Waals surface area contributed by atoms with E-state index in [0.29, 0.717) is 12.8 Å². The molecule has 1 aromatic carbocycles. The van der Waals surface area contributed by atoms with E-state index in [0.717, 1.165) is 22.3 Å². The molecular formula is C30H35NO6. The summed E-state index contributed by atoms with van der Waals surface area (Å²) in [5, 5.41) is 26.2. The van der Waals surface area contributed by atoms with Crippen LogP contribution in [-0.4, -0.2) is 51.7 Å². The summed E-state index contributed by atoms with van der Waals surface area (Å²) in [6.45, 7) is 10.6. The number of amides is 1. The number of fused-ring (bicyclic) bond motifs is 1. The lowest BCUT2D eigenvalue weighted by atomic mass is 9.48. The number of esters is 1. The number of ketones is 1. The summed E-state index contributed by atoms with van der Waals surface area (Å²) in [5.74, 6) is -3.54. The first-order valence-electron chi connectivity index (χ1n) is 13.0. The number of benzene rings is 1. The van der Waals surface area contributed by atoms with Crippen molar-refractivity contribution < 1.29 is 29.3 Å². The third-order valence-corrected chi connectivity index (χ3v) is 9.35. The quantitative estimate of drug-likeness (QED) is 0.543. The summed E-state index contributed by atoms with van der Waals surface area (Å²) in [6, 6.07) is 9.51. The summed E-state index contributed by atoms with van der Waals surface area (Å²) in [4.78, 5) is 39.3. The molecule has 7 nitrogen and oxygen atoms in total. The first-order valence-corrected chi connectivity index (χ1v) is 13.0. The number of allylic oxidation sites excluding steroid dienone is 3. The standard InChI is InChI=1S/C30H35NO6/c1-15-11-22-14-21-12-16(2)30(36,18(4)32)26(34)24(21)27(37-19(5)33)29(22)25(17(15)3)23(31-28(29)35)13-20-9-7-6-8-10-20/h6-11,14,16,21,23-27,34,36H,3,12-13H2,1-2,4-5H3,(H,31,35). The van der Waals surface area contributed by atoms with E-state index in [4.69, 9.17) is 4.74 Å². The Balaban J connectivity index is 1.71. The van der Waals surface area contributed by atoms with Gasteiger partial charge in [0, 0.05) is 24.8 Å². The molecule has 2 fully saturated rings. The molecule has 1 amide bonds. The number of rotatable bonds is 4. The molecular weight excluding hydrogens is 470 g/mol. The SMILES string of the molecule is C=C1C(C)=CC2=CC3CC(C)C(O)(C(C)=O)C(O)C3C(OC(C)=O)C23C(=O)NC(Cc2ccccc2)C13. The van der Waals surface area contributed by atoms with Gasteiger partial charge in [-0.2, -0.15) is 0 Å². The van der Waals surface area contributed by atoms with E-state index in [1.807, 2.05) is 49.4 Å². The fraction of sp³-hybridized carbons (Fsp3) is 0.500. The Hall–Kier alpha value is -3.03. The van der Waals surface area contributed by atoms with Crippen LogP contribution in [0.15, 0.2) is 65.8 Å². The van der Waals surface area contributed by atoms with Crippen molar-refractivity contribution in [1.82, 2.24) is 5.32 Å². The number of nitrogens with one attached hydrogen (secondary N) is 1. The van der Waals surface area contributed by atoms with Crippen LogP contribution < -0.4 is 5.32 Å². The zero-order chi connectivity index (χ0) is 26.9. The van der Waals surface area contributed by atoms with Gasteiger partial charge in [0.05, 0.1) is 6.10 Å². The van der Waals surface area contributed by atoms with Crippen LogP contribution in [0, 0.1) is 29.1 Å². The molecule has 1 aliphatic heterocycles. The Morgan fingerprint density at radius 2 is 1.89 bits per heavy atom. The second-order valence-corrected chi connectivity index (χ2v) is 11.3. The highest BCUT2D eigenvalue weighted by atomic mass is 16.5. The zero-order valence-corrected chi connectivity index (χ0v) is 21.7. The highest BCUT2D eigenvalue weighted by Crippen LogP contribution is 2.62. The van der Waals surface area contributed by atoms with Crippen molar-refractivity contribution in [3.8, 4) is 0 Å². The Morgan fingerprint density at radius 1 is 1.22 bits per heavy atom. The van der Waals surface area contributed by atoms with Gasteiger partial charge in [0.1, 0.15) is 11.5 Å². The van der Waals surface area contributed by atoms with Crippen molar-refractivity contribution in [2.75, 3.05) is 0 Å². The topological polar surface area (TPSA) is 113 Å². The molecule has 4 aliphatic rings. The summed E-state index contributed by atoms with van der Waals surface area (Å²) >= 11 is 0. The molecule has 1 spiro atoms. The average Bonchev–Trinajstić information content (AvgIpc) is 3.12. The Bertz CT molecular complexity index is 1230. The smallest absolute Gasteiger partial charge is 0.302 e. The summed E-state index contributed by atoms with van der Waals surface area (Å²) in [6.07, 6.45) is 2.29. The first kappa shape index (κ1) is 25.6. The highest BCUT2D eigenvalue weighted by Gasteiger charge is 2.71. The second-order valence-electron chi connectivity index (χ2n) is 11.3. The number of carbonyl (C=O) groups excluding carboxylic acids is 3. The van der Waals surface area contributed by atoms with Crippen LogP contribution >= 0.6 is 0 Å². The van der Waals surface area contributed by atoms with Crippen LogP contribution in [0.2, 0.25) is 0 Å². The average molecular weight is 506 g/mol. The maximum atomic E-state index is 14.1. The third-order valence-electron chi connectivity index (χ3n) is 9.35. The minimum absolute atomic E-state index is 0.295. The lowest BCUT2D eigenvalue weighted by Crippen LogP contribution is -2.68. The number of Topliss-reactive ketones (excluding diaryl/α,β-unsaturated/α-hetero) is 1. The van der Waals surface area contributed by atoms with Crippen LogP contribution in [0.1, 0.15) is 39.7 Å². The van der Waals surface area contributed by atoms with Gasteiger partial charge in [0.2, 0.25) is 5.91 Å². The summed E-state index contributed by atoms with van der Waals surface area (Å²) < 4.78 is 5.97. The number of aliphatic hydroxyl groups excluding tert-OH is 1. The molecule has 1 saturated heterocycles. The number of ether oxygens (including phenoxy) is 1. The molecule has 7 heteroatoms. The summed E-state index contributed by atoms with van der Waals surface area (Å²) in [7, 11) is 0. The van der Waals surface area contributed by atoms with E-state index in [9.17, 15) is 24.6 Å². The van der Waals surface area contributed by atoms with Crippen LogP contribution in [0.5, 0.6) is 0 Å². The van der Waals surface area contributed by atoms with Gasteiger partial charge in [-0.05, 0) is 60.8 Å². The number of hydrogen-bond acceptors (Lipinski definition) is 6. The minimum atomic E-state index is -2.01. The molecule has 196 valence electrons. The maximum absolute atomic E-state index is 14.1. The molecule has 5 rings (SSSR count). The van der Waals surface area contributed by atoms with Crippen molar-refractivity contribution in [3.05, 3.63) is 71.3 Å². The highest BCUT2D eigenvalue weighted by molar-refractivity contribution is 5.94. The molecule has 1 heterocycles. The zero-order valence-electron chi connectivity index (χ0n) is 21.7. The molecule has 1 saturated carbocycles. The minimum Gasteiger partial charge on any atom is -0.461 e. The molecule has 3 N–H and O–H groups in total. The molecule has 3 aliphatic carbocycles. The van der Waals surface area contributed by atoms with E-state index in [2.05, 4.69) is 11.9 Å². The van der Waals surface area contributed by atoms with Crippen molar-refractivity contribution in [2.45, 2.75) is 64.4 Å². The van der Waals surface area contributed by atoms with Gasteiger partial charge >= 0.3 is 5.97 Å². The molecule has 9 unspecified atom stereocenters. The van der Waals surface area contributed by atoms with Crippen LogP contribution in [0.3, 0.4) is 0 Å². The molecule has 0 radical (unpaired) electrons. The predicted octanol–water partition coefficient (Wildman–Crippen LogP) is 2.67. The fourth-order valence-electron chi connectivity index (χ4n) is 7.62. The summed E-state index contributed by atoms with van der Waals surface area (Å²) in [5.41, 5.74) is 0.176. The van der Waals surface area contributed by atoms with Gasteiger partial charge in [0.15, 0.2) is 11.4 Å². The molecule has 9 atom stereocenters. The van der Waals surface area contributed by atoms with E-state index in [-0.39, 0.29) is 17.9 Å². The van der Waals surface area contributed by atoms with Gasteiger partial charge in [0.25, 0.3) is 0 Å². The Kier molecular flexibility index (Phi) is 6.07. The van der Waals surface area contributed by atoms with Gasteiger partial charge < -0.3 is 20.3 Å². The van der Waals surface area contributed by atoms with Crippen LogP contribution in [0.4, 0.5) is 0 Å². The number of aliphatic hydroxyl groups is 2. The van der Waals surface area contributed by atoms with Crippen molar-refractivity contribution >= 4 is 17.7 Å². The van der Waals surface area contributed by atoms with Crippen LogP contribution in [-0.2, 0) is 25.5 Å². The van der Waals surface area contributed by atoms with Gasteiger partial charge in [-0.1, -0.05) is 56.0 Å². The second kappa shape index (κ2) is 8.77. The van der Waals surface area contributed by atoms with Crippen LogP contribution in [0.25, 0.3) is 0 Å². The third kappa shape index (κ3) is 3.51. The van der Waals surface area contributed by atoms with E-state index in [1.165, 1.54) is 13.8 Å². The lowest BCUT2D eigenvalue weighted by Gasteiger charge is -2.57. The van der Waals surface area contributed by atoms with Gasteiger partial charge in [-0.3, -0.25) is 14.4 Å². The van der Waals surface area contributed by atoms with E-state index in [1.54, 1.807) is 6.92 Å². The van der Waals surface area contributed by atoms with Crippen molar-refractivity contribution in [2.24, 2.45) is 29.1 Å². The van der Waals surface area contributed by atoms with E-state index < -0.39 is 52.7 Å². The molecule has 1 aromatic rings. The van der Waals surface area contributed by atoms with Gasteiger partial charge in [-0.25, -0.2) is 0 Å². The molecule has 0 aromatic heterocycles. The van der Waals surface area contributed by atoms with Crippen molar-refractivity contribution in [1.29, 1.82) is 0 Å². The monoisotopic (exact) mass is 505 g/mol. The predicted molar refractivity (Wildman–Crippen MR) is 137 cm³/mol. The maximum Gasteiger partial charge on any atom is 0.302 e. The largest absolute Gasteiger partial charge is 0.461 e. The Morgan fingerprint density at radius 3 is 2.51 bits per heavy atom. The normalized spacial score (nSPS) is 40.4. The molecule has 37 heavy (non-hydrogen) atoms. The lowest BCUT2D eigenvalue weighted by molar-refractivity contribution is -0.210.